The first kappa shape index (κ1) is 19.5. The zero-order valence-corrected chi connectivity index (χ0v) is 15.7. The number of non-ortho nitro benzene ring substituents is 1. The van der Waals surface area contributed by atoms with E-state index in [1.165, 1.54) is 30.3 Å². The van der Waals surface area contributed by atoms with Gasteiger partial charge in [-0.05, 0) is 24.3 Å². The second kappa shape index (κ2) is 8.21. The van der Waals surface area contributed by atoms with Gasteiger partial charge in [0.05, 0.1) is 26.8 Å². The summed E-state index contributed by atoms with van der Waals surface area (Å²) in [5.41, 5.74) is 0.363. The molecule has 0 unspecified atom stereocenters. The Bertz CT molecular complexity index is 1080. The molecule has 0 saturated heterocycles. The highest BCUT2D eigenvalue weighted by atomic mass is 35.5. The lowest BCUT2D eigenvalue weighted by molar-refractivity contribution is -0.384. The minimum Gasteiger partial charge on any atom is -0.321 e. The van der Waals surface area contributed by atoms with E-state index in [4.69, 9.17) is 23.2 Å². The van der Waals surface area contributed by atoms with Crippen molar-refractivity contribution < 1.29 is 14.5 Å². The fraction of sp³-hybridized carbons (Fsp3) is 0. The summed E-state index contributed by atoms with van der Waals surface area (Å²) < 4.78 is 0. The Kier molecular flexibility index (Phi) is 5.73. The third-order valence-corrected chi connectivity index (χ3v) is 4.47. The van der Waals surface area contributed by atoms with E-state index in [0.717, 1.165) is 6.07 Å². The summed E-state index contributed by atoms with van der Waals surface area (Å²) in [6.45, 7) is 0. The van der Waals surface area contributed by atoms with Crippen molar-refractivity contribution in [1.29, 1.82) is 0 Å². The molecule has 6 nitrogen and oxygen atoms in total. The summed E-state index contributed by atoms with van der Waals surface area (Å²) >= 11 is 11.9. The number of nitrogens with one attached hydrogen (secondary N) is 1. The van der Waals surface area contributed by atoms with Crippen molar-refractivity contribution in [2.45, 2.75) is 0 Å². The first-order chi connectivity index (χ1) is 13.4. The fourth-order valence-electron chi connectivity index (χ4n) is 2.55. The molecule has 8 heteroatoms. The Labute approximate surface area is 169 Å². The standard InChI is InChI=1S/C20H12Cl2N2O4/c21-13-6-8-15(17(22)10-13)20(26)23-18-9-7-14(24(27)28)11-16(18)19(25)12-4-2-1-3-5-12/h1-11H,(H,23,26). The molecule has 0 aromatic heterocycles. The summed E-state index contributed by atoms with van der Waals surface area (Å²) in [4.78, 5) is 36.0. The summed E-state index contributed by atoms with van der Waals surface area (Å²) in [6, 6.07) is 16.3. The van der Waals surface area contributed by atoms with Gasteiger partial charge in [-0.15, -0.1) is 0 Å². The molecule has 0 aliphatic rings. The molecule has 0 saturated carbocycles. The smallest absolute Gasteiger partial charge is 0.270 e. The molecule has 0 spiro atoms. The van der Waals surface area contributed by atoms with Crippen LogP contribution in [0.15, 0.2) is 66.7 Å². The van der Waals surface area contributed by atoms with Crippen LogP contribution in [0.2, 0.25) is 10.0 Å². The molecule has 0 aliphatic heterocycles. The SMILES string of the molecule is O=C(Nc1ccc([N+](=O)[O-])cc1C(=O)c1ccccc1)c1ccc(Cl)cc1Cl. The number of ketones is 1. The number of nitro benzene ring substituents is 1. The molecule has 0 aliphatic carbocycles. The molecule has 140 valence electrons. The minimum absolute atomic E-state index is 0.00108. The first-order valence-electron chi connectivity index (χ1n) is 8.01. The van der Waals surface area contributed by atoms with Crippen LogP contribution in [0, 0.1) is 10.1 Å². The van der Waals surface area contributed by atoms with Crippen molar-refractivity contribution in [3.63, 3.8) is 0 Å². The highest BCUT2D eigenvalue weighted by Gasteiger charge is 2.20. The van der Waals surface area contributed by atoms with Crippen LogP contribution in [0.3, 0.4) is 0 Å². The van der Waals surface area contributed by atoms with Crippen molar-refractivity contribution in [2.24, 2.45) is 0 Å². The average molecular weight is 415 g/mol. The molecule has 0 heterocycles. The van der Waals surface area contributed by atoms with Crippen LogP contribution in [0.5, 0.6) is 0 Å². The van der Waals surface area contributed by atoms with Gasteiger partial charge in [-0.1, -0.05) is 53.5 Å². The molecule has 0 atom stereocenters. The number of carbonyl (C=O) groups is 2. The molecule has 1 amide bonds. The molecule has 0 bridgehead atoms. The number of hydrogen-bond donors (Lipinski definition) is 1. The lowest BCUT2D eigenvalue weighted by Crippen LogP contribution is -2.16. The number of nitro groups is 1. The van der Waals surface area contributed by atoms with Gasteiger partial charge in [0.2, 0.25) is 0 Å². The predicted octanol–water partition coefficient (Wildman–Crippen LogP) is 5.38. The van der Waals surface area contributed by atoms with Gasteiger partial charge < -0.3 is 5.32 Å². The number of benzene rings is 3. The molecule has 3 aromatic rings. The minimum atomic E-state index is -0.608. The van der Waals surface area contributed by atoms with Gasteiger partial charge in [-0.2, -0.15) is 0 Å². The topological polar surface area (TPSA) is 89.3 Å². The van der Waals surface area contributed by atoms with Crippen LogP contribution in [-0.4, -0.2) is 16.6 Å². The van der Waals surface area contributed by atoms with Crippen LogP contribution >= 0.6 is 23.2 Å². The Morgan fingerprint density at radius 2 is 1.61 bits per heavy atom. The monoisotopic (exact) mass is 414 g/mol. The molecule has 0 fully saturated rings. The van der Waals surface area contributed by atoms with Gasteiger partial charge in [0.15, 0.2) is 5.78 Å². The van der Waals surface area contributed by atoms with Crippen molar-refractivity contribution in [3.8, 4) is 0 Å². The van der Waals surface area contributed by atoms with Gasteiger partial charge in [-0.25, -0.2) is 0 Å². The fourth-order valence-corrected chi connectivity index (χ4v) is 3.05. The zero-order chi connectivity index (χ0) is 20.3. The Morgan fingerprint density at radius 3 is 2.25 bits per heavy atom. The summed E-state index contributed by atoms with van der Waals surface area (Å²) in [5, 5.41) is 14.2. The van der Waals surface area contributed by atoms with Crippen molar-refractivity contribution in [1.82, 2.24) is 0 Å². The van der Waals surface area contributed by atoms with E-state index in [1.54, 1.807) is 30.3 Å². The van der Waals surface area contributed by atoms with Crippen molar-refractivity contribution in [3.05, 3.63) is 104 Å². The Morgan fingerprint density at radius 1 is 0.893 bits per heavy atom. The zero-order valence-electron chi connectivity index (χ0n) is 14.2. The van der Waals surface area contributed by atoms with Crippen LogP contribution in [0.1, 0.15) is 26.3 Å². The summed E-state index contributed by atoms with van der Waals surface area (Å²) in [5.74, 6) is -1.03. The Hall–Kier alpha value is -3.22. The molecular weight excluding hydrogens is 403 g/mol. The Balaban J connectivity index is 2.01. The number of rotatable bonds is 5. The first-order valence-corrected chi connectivity index (χ1v) is 8.77. The summed E-state index contributed by atoms with van der Waals surface area (Å²) in [6.07, 6.45) is 0. The number of carbonyl (C=O) groups excluding carboxylic acids is 2. The van der Waals surface area contributed by atoms with E-state index in [9.17, 15) is 19.7 Å². The third kappa shape index (κ3) is 4.19. The van der Waals surface area contributed by atoms with Crippen LogP contribution in [0.4, 0.5) is 11.4 Å². The molecule has 3 aromatic carbocycles. The van der Waals surface area contributed by atoms with Crippen LogP contribution in [-0.2, 0) is 0 Å². The van der Waals surface area contributed by atoms with Crippen molar-refractivity contribution in [2.75, 3.05) is 5.32 Å². The van der Waals surface area contributed by atoms with Crippen molar-refractivity contribution >= 4 is 46.3 Å². The van der Waals surface area contributed by atoms with E-state index < -0.39 is 16.6 Å². The molecule has 0 radical (unpaired) electrons. The van der Waals surface area contributed by atoms with Crippen LogP contribution < -0.4 is 5.32 Å². The quantitative estimate of drug-likeness (QED) is 0.344. The summed E-state index contributed by atoms with van der Waals surface area (Å²) in [7, 11) is 0. The molecule has 3 rings (SSSR count). The second-order valence-corrected chi connectivity index (χ2v) is 6.60. The largest absolute Gasteiger partial charge is 0.321 e. The van der Waals surface area contributed by atoms with E-state index in [-0.39, 0.29) is 27.5 Å². The van der Waals surface area contributed by atoms with E-state index >= 15 is 0 Å². The molecule has 28 heavy (non-hydrogen) atoms. The number of hydrogen-bond acceptors (Lipinski definition) is 4. The maximum atomic E-state index is 12.9. The molecular formula is C20H12Cl2N2O4. The second-order valence-electron chi connectivity index (χ2n) is 5.76. The number of anilines is 1. The van der Waals surface area contributed by atoms with E-state index in [0.29, 0.717) is 10.6 Å². The average Bonchev–Trinajstić information content (AvgIpc) is 2.68. The lowest BCUT2D eigenvalue weighted by atomic mass is 10.0. The molecule has 1 N–H and O–H groups in total. The maximum absolute atomic E-state index is 12.9. The van der Waals surface area contributed by atoms with E-state index in [2.05, 4.69) is 5.32 Å². The number of halogens is 2. The highest BCUT2D eigenvalue weighted by Crippen LogP contribution is 2.27. The normalized spacial score (nSPS) is 10.4. The predicted molar refractivity (Wildman–Crippen MR) is 107 cm³/mol. The maximum Gasteiger partial charge on any atom is 0.270 e. The van der Waals surface area contributed by atoms with Gasteiger partial charge in [-0.3, -0.25) is 19.7 Å². The number of nitrogens with zero attached hydrogens (tertiary/aromatic N) is 1. The van der Waals surface area contributed by atoms with Gasteiger partial charge >= 0.3 is 0 Å². The van der Waals surface area contributed by atoms with Gasteiger partial charge in [0.25, 0.3) is 11.6 Å². The van der Waals surface area contributed by atoms with Gasteiger partial charge in [0, 0.05) is 22.7 Å². The van der Waals surface area contributed by atoms with Gasteiger partial charge in [0.1, 0.15) is 0 Å². The highest BCUT2D eigenvalue weighted by molar-refractivity contribution is 6.37. The van der Waals surface area contributed by atoms with E-state index in [1.807, 2.05) is 0 Å². The number of amides is 1. The third-order valence-electron chi connectivity index (χ3n) is 3.92. The van der Waals surface area contributed by atoms with Crippen LogP contribution in [0.25, 0.3) is 0 Å². The lowest BCUT2D eigenvalue weighted by Gasteiger charge is -2.11.